The van der Waals surface area contributed by atoms with Gasteiger partial charge in [0.05, 0.1) is 0 Å². The van der Waals surface area contributed by atoms with Gasteiger partial charge in [-0.2, -0.15) is 0 Å². The zero-order valence-corrected chi connectivity index (χ0v) is 13.1. The van der Waals surface area contributed by atoms with E-state index < -0.39 is 5.97 Å². The van der Waals surface area contributed by atoms with Gasteiger partial charge in [0.25, 0.3) is 0 Å². The van der Waals surface area contributed by atoms with E-state index in [2.05, 4.69) is 17.2 Å². The molecule has 3 nitrogen and oxygen atoms in total. The van der Waals surface area contributed by atoms with Crippen LogP contribution in [0.4, 0.5) is 0 Å². The second-order valence-corrected chi connectivity index (χ2v) is 2.25. The molecule has 1 aromatic rings. The summed E-state index contributed by atoms with van der Waals surface area (Å²) in [7, 11) is 0. The summed E-state index contributed by atoms with van der Waals surface area (Å²) < 4.78 is 0. The quantitative estimate of drug-likeness (QED) is 0.688. The average molecular weight is 422 g/mol. The third kappa shape index (κ3) is 4.44. The van der Waals surface area contributed by atoms with Crippen molar-refractivity contribution in [1.82, 2.24) is 4.98 Å². The minimum Gasteiger partial charge on any atom is -0.515 e. The van der Waals surface area contributed by atoms with Gasteiger partial charge >= 0.3 is 0 Å². The maximum atomic E-state index is 10.4. The minimum atomic E-state index is -1.03. The average Bonchev–Trinajstić information content (AvgIpc) is 1.85. The number of hydrogen-bond acceptors (Lipinski definition) is 2. The first-order chi connectivity index (χ1) is 5.11. The molecule has 1 N–H and O–H groups in total. The molecular formula is C8H7NO2WY-2. The summed E-state index contributed by atoms with van der Waals surface area (Å²) in [6.07, 6.45) is 2.54. The van der Waals surface area contributed by atoms with Crippen LogP contribution in [-0.4, -0.2) is 16.1 Å². The predicted molar refractivity (Wildman–Crippen MR) is 38.3 cm³/mol. The van der Waals surface area contributed by atoms with Crippen molar-refractivity contribution in [2.45, 2.75) is 13.8 Å². The van der Waals surface area contributed by atoms with Gasteiger partial charge in [-0.3, -0.25) is 22.1 Å². The second kappa shape index (κ2) is 6.81. The minimum absolute atomic E-state index is 0. The fraction of sp³-hybridized carbons (Fsp3) is 0.250. The van der Waals surface area contributed by atoms with Gasteiger partial charge in [-0.05, 0) is 0 Å². The summed E-state index contributed by atoms with van der Waals surface area (Å²) in [5.74, 6) is -1.03. The molecule has 0 amide bonds. The van der Waals surface area contributed by atoms with Crippen LogP contribution in [0.15, 0.2) is 0 Å². The van der Waals surface area contributed by atoms with E-state index in [9.17, 15) is 4.79 Å². The Morgan fingerprint density at radius 3 is 2.38 bits per heavy atom. The third-order valence-corrected chi connectivity index (χ3v) is 1.27. The molecule has 0 aliphatic rings. The standard InChI is InChI=1S/C8H7NO2.W.Y/c1-5-3-6(2)7(8(10)11)9-4-5;;/h1-2H3,(H,10,11);;/q-2;;. The van der Waals surface area contributed by atoms with Gasteiger partial charge in [0.1, 0.15) is 0 Å². The van der Waals surface area contributed by atoms with Gasteiger partial charge in [0.15, 0.2) is 0 Å². The molecule has 0 spiro atoms. The molecule has 0 atom stereocenters. The van der Waals surface area contributed by atoms with E-state index in [0.29, 0.717) is 5.56 Å². The topological polar surface area (TPSA) is 50.2 Å². The molecule has 13 heavy (non-hydrogen) atoms. The van der Waals surface area contributed by atoms with Crippen LogP contribution in [0, 0.1) is 26.1 Å². The maximum absolute atomic E-state index is 10.4. The van der Waals surface area contributed by atoms with Crippen molar-refractivity contribution in [3.8, 4) is 0 Å². The summed E-state index contributed by atoms with van der Waals surface area (Å²) in [6, 6.07) is 2.82. The predicted octanol–water partition coefficient (Wildman–Crippen LogP) is 0.992. The van der Waals surface area contributed by atoms with Gasteiger partial charge in [-0.1, -0.05) is 19.5 Å². The molecule has 0 saturated carbocycles. The van der Waals surface area contributed by atoms with E-state index in [-0.39, 0.29) is 59.5 Å². The molecule has 0 bridgehead atoms. The van der Waals surface area contributed by atoms with Crippen LogP contribution in [0.25, 0.3) is 0 Å². The zero-order chi connectivity index (χ0) is 8.43. The number of rotatable bonds is 1. The zero-order valence-electron chi connectivity index (χ0n) is 7.29. The maximum Gasteiger partial charge on any atom is 0.240 e. The van der Waals surface area contributed by atoms with Crippen molar-refractivity contribution in [3.63, 3.8) is 0 Å². The third-order valence-electron chi connectivity index (χ3n) is 1.27. The molecule has 0 aliphatic carbocycles. The van der Waals surface area contributed by atoms with Crippen LogP contribution < -0.4 is 0 Å². The molecule has 1 radical (unpaired) electrons. The number of carboxylic acids is 1. The number of nitrogens with zero attached hydrogens (tertiary/aromatic N) is 1. The van der Waals surface area contributed by atoms with Crippen molar-refractivity contribution in [2.75, 3.05) is 0 Å². The van der Waals surface area contributed by atoms with Crippen molar-refractivity contribution >= 4 is 5.97 Å². The van der Waals surface area contributed by atoms with Gasteiger partial charge in [0.2, 0.25) is 5.97 Å². The fourth-order valence-electron chi connectivity index (χ4n) is 0.800. The van der Waals surface area contributed by atoms with E-state index in [1.54, 1.807) is 13.8 Å². The SMILES string of the molecule is Cc1[c-]nc(C(=O)O)c(C)[c-]1.[W].[Y]. The van der Waals surface area contributed by atoms with E-state index >= 15 is 0 Å². The van der Waals surface area contributed by atoms with Gasteiger partial charge in [0, 0.05) is 53.8 Å². The first kappa shape index (κ1) is 15.9. The smallest absolute Gasteiger partial charge is 0.240 e. The Kier molecular flexibility index (Phi) is 8.31. The van der Waals surface area contributed by atoms with Crippen LogP contribution in [0.2, 0.25) is 0 Å². The van der Waals surface area contributed by atoms with Crippen LogP contribution >= 0.6 is 0 Å². The monoisotopic (exact) mass is 422 g/mol. The fourth-order valence-corrected chi connectivity index (χ4v) is 0.800. The molecule has 1 rings (SSSR count). The number of hydrogen-bond donors (Lipinski definition) is 1. The second-order valence-electron chi connectivity index (χ2n) is 2.25. The van der Waals surface area contributed by atoms with Crippen LogP contribution in [-0.2, 0) is 53.8 Å². The van der Waals surface area contributed by atoms with Gasteiger partial charge in [-0.15, -0.1) is 0 Å². The number of pyridine rings is 1. The number of carboxylic acid groups (broad SMARTS) is 1. The summed E-state index contributed by atoms with van der Waals surface area (Å²) >= 11 is 0. The molecule has 5 heteroatoms. The molecule has 0 fully saturated rings. The van der Waals surface area contributed by atoms with E-state index in [1.165, 1.54) is 0 Å². The number of carbonyl (C=O) groups is 1. The Hall–Kier alpha value is 0.412. The number of aryl methyl sites for hydroxylation is 2. The van der Waals surface area contributed by atoms with E-state index in [1.807, 2.05) is 0 Å². The van der Waals surface area contributed by atoms with Crippen LogP contribution in [0.1, 0.15) is 21.6 Å². The molecule has 0 saturated heterocycles. The Morgan fingerprint density at radius 1 is 1.46 bits per heavy atom. The van der Waals surface area contributed by atoms with Crippen LogP contribution in [0.5, 0.6) is 0 Å². The summed E-state index contributed by atoms with van der Waals surface area (Å²) in [5.41, 5.74) is 1.30. The Labute approximate surface area is 116 Å². The largest absolute Gasteiger partial charge is 0.515 e. The van der Waals surface area contributed by atoms with E-state index in [0.717, 1.165) is 5.56 Å². The number of aromatic nitrogens is 1. The van der Waals surface area contributed by atoms with Gasteiger partial charge < -0.3 is 16.2 Å². The first-order valence-corrected chi connectivity index (χ1v) is 3.12. The molecule has 1 heterocycles. The molecular weight excluding hydrogens is 415 g/mol. The molecule has 0 aromatic carbocycles. The van der Waals surface area contributed by atoms with Crippen molar-refractivity contribution in [3.05, 3.63) is 29.1 Å². The normalized spacial score (nSPS) is 8.15. The summed E-state index contributed by atoms with van der Waals surface area (Å²) in [5, 5.41) is 8.55. The Balaban J connectivity index is 0. The Bertz CT molecular complexity index is 304. The van der Waals surface area contributed by atoms with Crippen molar-refractivity contribution in [1.29, 1.82) is 0 Å². The molecule has 1 aromatic heterocycles. The molecule has 67 valence electrons. The summed E-state index contributed by atoms with van der Waals surface area (Å²) in [4.78, 5) is 14.1. The van der Waals surface area contributed by atoms with Gasteiger partial charge in [-0.25, -0.2) is 0 Å². The van der Waals surface area contributed by atoms with Crippen molar-refractivity contribution in [2.24, 2.45) is 0 Å². The molecule has 0 unspecified atom stereocenters. The van der Waals surface area contributed by atoms with E-state index in [4.69, 9.17) is 5.11 Å². The summed E-state index contributed by atoms with van der Waals surface area (Å²) in [6.45, 7) is 3.43. The first-order valence-electron chi connectivity index (χ1n) is 3.12. The van der Waals surface area contributed by atoms with Crippen LogP contribution in [0.3, 0.4) is 0 Å². The molecule has 0 aliphatic heterocycles. The Morgan fingerprint density at radius 2 is 2.00 bits per heavy atom. The number of aromatic carboxylic acids is 1. The van der Waals surface area contributed by atoms with Crippen molar-refractivity contribution < 1.29 is 63.7 Å².